The molecule has 0 bridgehead atoms. The zero-order valence-corrected chi connectivity index (χ0v) is 15.6. The molecular formula is C18H23Cl2N3O2. The minimum absolute atomic E-state index is 0.0504. The predicted molar refractivity (Wildman–Crippen MR) is 98.9 cm³/mol. The molecule has 0 aromatic heterocycles. The van der Waals surface area contributed by atoms with Crippen LogP contribution in [0.3, 0.4) is 0 Å². The number of carbonyl (C=O) groups is 2. The molecule has 2 saturated heterocycles. The summed E-state index contributed by atoms with van der Waals surface area (Å²) in [4.78, 5) is 29.3. The summed E-state index contributed by atoms with van der Waals surface area (Å²) in [6.07, 6.45) is 3.41. The molecule has 1 atom stereocenters. The van der Waals surface area contributed by atoms with Crippen LogP contribution in [0.4, 0.5) is 0 Å². The second kappa shape index (κ2) is 7.94. The molecule has 2 fully saturated rings. The van der Waals surface area contributed by atoms with Gasteiger partial charge in [0.05, 0.1) is 0 Å². The van der Waals surface area contributed by atoms with Gasteiger partial charge >= 0.3 is 0 Å². The van der Waals surface area contributed by atoms with Crippen LogP contribution in [0.1, 0.15) is 36.0 Å². The zero-order valence-electron chi connectivity index (χ0n) is 14.1. The van der Waals surface area contributed by atoms with Gasteiger partial charge < -0.3 is 15.5 Å². The van der Waals surface area contributed by atoms with E-state index in [1.54, 1.807) is 23.1 Å². The number of hydrogen-bond donors (Lipinski definition) is 1. The van der Waals surface area contributed by atoms with Crippen LogP contribution in [0.25, 0.3) is 0 Å². The van der Waals surface area contributed by atoms with E-state index in [1.807, 2.05) is 4.90 Å². The largest absolute Gasteiger partial charge is 0.341 e. The fraction of sp³-hybridized carbons (Fsp3) is 0.556. The van der Waals surface area contributed by atoms with Crippen molar-refractivity contribution in [3.8, 4) is 0 Å². The Morgan fingerprint density at radius 3 is 2.28 bits per heavy atom. The third-order valence-corrected chi connectivity index (χ3v) is 5.60. The Morgan fingerprint density at radius 1 is 1.04 bits per heavy atom. The SMILES string of the molecule is NCC1CCN(C(=O)C2CCCN2C(=O)c2cc(Cl)cc(Cl)c2)CC1. The number of hydrogen-bond acceptors (Lipinski definition) is 3. The van der Waals surface area contributed by atoms with Crippen molar-refractivity contribution >= 4 is 35.0 Å². The average Bonchev–Trinajstić information content (AvgIpc) is 3.09. The first-order valence-corrected chi connectivity index (χ1v) is 9.51. The van der Waals surface area contributed by atoms with Gasteiger partial charge in [0, 0.05) is 35.2 Å². The Morgan fingerprint density at radius 2 is 1.68 bits per heavy atom. The number of carbonyl (C=O) groups excluding carboxylic acids is 2. The van der Waals surface area contributed by atoms with E-state index < -0.39 is 0 Å². The van der Waals surface area contributed by atoms with Crippen molar-refractivity contribution in [1.82, 2.24) is 9.80 Å². The van der Waals surface area contributed by atoms with Crippen LogP contribution in [0.15, 0.2) is 18.2 Å². The fourth-order valence-corrected chi connectivity index (χ4v) is 4.24. The van der Waals surface area contributed by atoms with Crippen molar-refractivity contribution in [1.29, 1.82) is 0 Å². The van der Waals surface area contributed by atoms with Gasteiger partial charge in [0.25, 0.3) is 5.91 Å². The van der Waals surface area contributed by atoms with Crippen LogP contribution in [0.2, 0.25) is 10.0 Å². The standard InChI is InChI=1S/C18H23Cl2N3O2/c19-14-8-13(9-15(20)10-14)17(24)23-5-1-2-16(23)18(25)22-6-3-12(11-21)4-7-22/h8-10,12,16H,1-7,11,21H2. The van der Waals surface area contributed by atoms with E-state index in [1.165, 1.54) is 0 Å². The molecule has 7 heteroatoms. The second-order valence-electron chi connectivity index (χ2n) is 6.82. The summed E-state index contributed by atoms with van der Waals surface area (Å²) in [5, 5.41) is 0.837. The zero-order chi connectivity index (χ0) is 18.0. The highest BCUT2D eigenvalue weighted by Crippen LogP contribution is 2.26. The summed E-state index contributed by atoms with van der Waals surface area (Å²) < 4.78 is 0. The monoisotopic (exact) mass is 383 g/mol. The quantitative estimate of drug-likeness (QED) is 0.872. The summed E-state index contributed by atoms with van der Waals surface area (Å²) >= 11 is 12.0. The summed E-state index contributed by atoms with van der Waals surface area (Å²) in [6, 6.07) is 4.40. The average molecular weight is 384 g/mol. The van der Waals surface area contributed by atoms with Crippen LogP contribution in [-0.2, 0) is 4.79 Å². The van der Waals surface area contributed by atoms with E-state index >= 15 is 0 Å². The Hall–Kier alpha value is -1.30. The summed E-state index contributed by atoms with van der Waals surface area (Å²) in [5.41, 5.74) is 6.15. The van der Waals surface area contributed by atoms with E-state index in [0.29, 0.717) is 41.0 Å². The molecule has 1 aromatic carbocycles. The number of nitrogens with zero attached hydrogens (tertiary/aromatic N) is 2. The van der Waals surface area contributed by atoms with Gasteiger partial charge in [-0.05, 0) is 56.3 Å². The maximum atomic E-state index is 12.9. The maximum absolute atomic E-state index is 12.9. The number of amides is 2. The van der Waals surface area contributed by atoms with Gasteiger partial charge in [0.1, 0.15) is 6.04 Å². The molecule has 2 aliphatic rings. The van der Waals surface area contributed by atoms with E-state index in [9.17, 15) is 9.59 Å². The highest BCUT2D eigenvalue weighted by atomic mass is 35.5. The molecule has 2 amide bonds. The molecule has 136 valence electrons. The number of likely N-dealkylation sites (tertiary alicyclic amines) is 2. The normalized spacial score (nSPS) is 21.6. The van der Waals surface area contributed by atoms with Gasteiger partial charge in [-0.15, -0.1) is 0 Å². The molecule has 1 unspecified atom stereocenters. The van der Waals surface area contributed by atoms with Gasteiger partial charge in [-0.3, -0.25) is 9.59 Å². The lowest BCUT2D eigenvalue weighted by molar-refractivity contribution is -0.136. The number of nitrogens with two attached hydrogens (primary N) is 1. The number of rotatable bonds is 3. The topological polar surface area (TPSA) is 66.6 Å². The van der Waals surface area contributed by atoms with Gasteiger partial charge in [0.2, 0.25) is 5.91 Å². The number of halogens is 2. The van der Waals surface area contributed by atoms with E-state index in [4.69, 9.17) is 28.9 Å². The summed E-state index contributed by atoms with van der Waals surface area (Å²) in [7, 11) is 0. The number of benzene rings is 1. The Labute approximate surface area is 158 Å². The summed E-state index contributed by atoms with van der Waals surface area (Å²) in [6.45, 7) is 2.70. The van der Waals surface area contributed by atoms with Crippen LogP contribution in [-0.4, -0.2) is 53.8 Å². The van der Waals surface area contributed by atoms with Crippen molar-refractivity contribution < 1.29 is 9.59 Å². The molecule has 2 heterocycles. The molecule has 2 aliphatic heterocycles. The fourth-order valence-electron chi connectivity index (χ4n) is 3.71. The van der Waals surface area contributed by atoms with E-state index in [2.05, 4.69) is 0 Å². The van der Waals surface area contributed by atoms with Gasteiger partial charge in [-0.2, -0.15) is 0 Å². The molecule has 0 spiro atoms. The van der Waals surface area contributed by atoms with Gasteiger partial charge in [-0.1, -0.05) is 23.2 Å². The molecule has 0 saturated carbocycles. The van der Waals surface area contributed by atoms with Crippen molar-refractivity contribution in [2.45, 2.75) is 31.7 Å². The maximum Gasteiger partial charge on any atom is 0.254 e. The molecule has 5 nitrogen and oxygen atoms in total. The molecule has 0 radical (unpaired) electrons. The first kappa shape index (κ1) is 18.5. The first-order valence-electron chi connectivity index (χ1n) is 8.75. The van der Waals surface area contributed by atoms with Crippen LogP contribution >= 0.6 is 23.2 Å². The Bertz CT molecular complexity index is 639. The van der Waals surface area contributed by atoms with Crippen molar-refractivity contribution in [2.75, 3.05) is 26.2 Å². The smallest absolute Gasteiger partial charge is 0.254 e. The minimum Gasteiger partial charge on any atom is -0.341 e. The van der Waals surface area contributed by atoms with Gasteiger partial charge in [-0.25, -0.2) is 0 Å². The molecule has 25 heavy (non-hydrogen) atoms. The van der Waals surface area contributed by atoms with Crippen LogP contribution in [0, 0.1) is 5.92 Å². The number of piperidine rings is 1. The van der Waals surface area contributed by atoms with E-state index in [-0.39, 0.29) is 17.9 Å². The van der Waals surface area contributed by atoms with Gasteiger partial charge in [0.15, 0.2) is 0 Å². The lowest BCUT2D eigenvalue weighted by atomic mass is 9.96. The van der Waals surface area contributed by atoms with Crippen LogP contribution < -0.4 is 5.73 Å². The lowest BCUT2D eigenvalue weighted by Crippen LogP contribution is -2.50. The lowest BCUT2D eigenvalue weighted by Gasteiger charge is -2.35. The molecule has 0 aliphatic carbocycles. The summed E-state index contributed by atoms with van der Waals surface area (Å²) in [5.74, 6) is 0.366. The second-order valence-corrected chi connectivity index (χ2v) is 7.69. The highest BCUT2D eigenvalue weighted by molar-refractivity contribution is 6.35. The van der Waals surface area contributed by atoms with Crippen LogP contribution in [0.5, 0.6) is 0 Å². The Balaban J connectivity index is 1.71. The third kappa shape index (κ3) is 4.10. The predicted octanol–water partition coefficient (Wildman–Crippen LogP) is 2.80. The minimum atomic E-state index is -0.389. The molecule has 2 N–H and O–H groups in total. The Kier molecular flexibility index (Phi) is 5.87. The van der Waals surface area contributed by atoms with E-state index in [0.717, 1.165) is 32.4 Å². The third-order valence-electron chi connectivity index (χ3n) is 5.17. The van der Waals surface area contributed by atoms with Crippen molar-refractivity contribution in [3.05, 3.63) is 33.8 Å². The first-order chi connectivity index (χ1) is 12.0. The van der Waals surface area contributed by atoms with Crippen molar-refractivity contribution in [2.24, 2.45) is 11.7 Å². The molecule has 3 rings (SSSR count). The molecular weight excluding hydrogens is 361 g/mol. The van der Waals surface area contributed by atoms with Crippen molar-refractivity contribution in [3.63, 3.8) is 0 Å². The molecule has 1 aromatic rings. The highest BCUT2D eigenvalue weighted by Gasteiger charge is 2.37.